The molecule has 0 bridgehead atoms. The molecule has 0 aliphatic heterocycles. The van der Waals surface area contributed by atoms with E-state index >= 15 is 0 Å². The molecule has 0 radical (unpaired) electrons. The molecule has 6 nitrogen and oxygen atoms in total. The van der Waals surface area contributed by atoms with E-state index in [1.165, 1.54) is 0 Å². The average Bonchev–Trinajstić information content (AvgIpc) is 3.05. The Morgan fingerprint density at radius 1 is 1.23 bits per heavy atom. The number of aromatic nitrogens is 1. The van der Waals surface area contributed by atoms with Crippen LogP contribution in [0.15, 0.2) is 42.5 Å². The number of nitrogens with zero attached hydrogens (tertiary/aromatic N) is 2. The maximum atomic E-state index is 12.1. The van der Waals surface area contributed by atoms with Crippen molar-refractivity contribution in [3.05, 3.63) is 48.0 Å². The number of hydrogen-bond donors (Lipinski definition) is 1. The van der Waals surface area contributed by atoms with Crippen molar-refractivity contribution in [3.63, 3.8) is 0 Å². The molecule has 1 heterocycles. The molecule has 7 heteroatoms. The molecular weight excluding hydrogens is 397 g/mol. The van der Waals surface area contributed by atoms with Gasteiger partial charge in [0.05, 0.1) is 23.4 Å². The molecule has 31 heavy (non-hydrogen) atoms. The van der Waals surface area contributed by atoms with Crippen molar-refractivity contribution in [2.75, 3.05) is 25.2 Å². The number of hydrogen-bond acceptors (Lipinski definition) is 4. The van der Waals surface area contributed by atoms with Gasteiger partial charge in [-0.3, -0.25) is 5.32 Å². The number of nitriles is 1. The van der Waals surface area contributed by atoms with E-state index in [-0.39, 0.29) is 6.61 Å². The molecule has 0 saturated carbocycles. The fourth-order valence-electron chi connectivity index (χ4n) is 3.55. The summed E-state index contributed by atoms with van der Waals surface area (Å²) in [6.07, 6.45) is -0.708. The summed E-state index contributed by atoms with van der Waals surface area (Å²) >= 11 is 0. The third-order valence-electron chi connectivity index (χ3n) is 4.72. The van der Waals surface area contributed by atoms with Gasteiger partial charge < -0.3 is 14.0 Å². The molecule has 3 rings (SSSR count). The first-order chi connectivity index (χ1) is 15.0. The van der Waals surface area contributed by atoms with E-state index in [1.54, 1.807) is 12.1 Å². The summed E-state index contributed by atoms with van der Waals surface area (Å²) in [5.74, 6) is 1.13. The molecule has 0 spiro atoms. The second-order valence-electron chi connectivity index (χ2n) is 7.48. The highest BCUT2D eigenvalue weighted by Gasteiger charge is 2.20. The Morgan fingerprint density at radius 3 is 2.58 bits per heavy atom. The molecule has 0 aliphatic carbocycles. The van der Waals surface area contributed by atoms with Crippen molar-refractivity contribution < 1.29 is 18.7 Å². The van der Waals surface area contributed by atoms with Crippen LogP contribution in [0.25, 0.3) is 22.2 Å². The smallest absolute Gasteiger partial charge is 0.411 e. The van der Waals surface area contributed by atoms with Gasteiger partial charge in [-0.05, 0) is 42.7 Å². The van der Waals surface area contributed by atoms with Crippen LogP contribution in [0.2, 0.25) is 0 Å². The quantitative estimate of drug-likeness (QED) is 0.500. The van der Waals surface area contributed by atoms with Gasteiger partial charge in [-0.2, -0.15) is 5.26 Å². The third kappa shape index (κ3) is 4.97. The Bertz CT molecular complexity index is 1100. The third-order valence-corrected chi connectivity index (χ3v) is 4.72. The summed E-state index contributed by atoms with van der Waals surface area (Å²) in [7, 11) is 0. The summed E-state index contributed by atoms with van der Waals surface area (Å²) in [6.45, 7) is 6.49. The molecule has 2 aromatic carbocycles. The minimum Gasteiger partial charge on any atom is -0.494 e. The number of rotatable bonds is 8. The van der Waals surface area contributed by atoms with E-state index in [9.17, 15) is 14.4 Å². The van der Waals surface area contributed by atoms with Crippen LogP contribution in [0.4, 0.5) is 14.9 Å². The van der Waals surface area contributed by atoms with E-state index in [4.69, 9.17) is 9.47 Å². The van der Waals surface area contributed by atoms with Crippen LogP contribution < -0.4 is 10.1 Å². The monoisotopic (exact) mass is 423 g/mol. The number of ether oxygens (including phenoxy) is 2. The fraction of sp³-hybridized carbons (Fsp3) is 0.333. The van der Waals surface area contributed by atoms with Crippen molar-refractivity contribution in [1.29, 1.82) is 5.26 Å². The Kier molecular flexibility index (Phi) is 7.14. The fourth-order valence-corrected chi connectivity index (χ4v) is 3.55. The molecule has 1 amide bonds. The number of carbonyl (C=O) groups is 1. The Balaban J connectivity index is 2.05. The number of fused-ring (bicyclic) bond motifs is 1. The first-order valence-electron chi connectivity index (χ1n) is 10.3. The van der Waals surface area contributed by atoms with Crippen LogP contribution in [-0.2, 0) is 11.3 Å². The van der Waals surface area contributed by atoms with E-state index in [0.717, 1.165) is 34.5 Å². The lowest BCUT2D eigenvalue weighted by atomic mass is 10.1. The zero-order valence-electron chi connectivity index (χ0n) is 17.9. The molecule has 0 unspecified atom stereocenters. The van der Waals surface area contributed by atoms with Gasteiger partial charge in [0.1, 0.15) is 25.1 Å². The Labute approximate surface area is 181 Å². The van der Waals surface area contributed by atoms with Crippen LogP contribution >= 0.6 is 0 Å². The van der Waals surface area contributed by atoms with Crippen LogP contribution in [0, 0.1) is 17.2 Å². The van der Waals surface area contributed by atoms with Gasteiger partial charge in [-0.25, -0.2) is 9.18 Å². The van der Waals surface area contributed by atoms with Crippen LogP contribution in [-0.4, -0.2) is 30.5 Å². The van der Waals surface area contributed by atoms with Gasteiger partial charge in [0.2, 0.25) is 0 Å². The maximum absolute atomic E-state index is 12.1. The number of alkyl halides is 1. The molecule has 1 N–H and O–H groups in total. The van der Waals surface area contributed by atoms with Gasteiger partial charge >= 0.3 is 6.09 Å². The molecule has 0 saturated heterocycles. The van der Waals surface area contributed by atoms with Crippen LogP contribution in [0.5, 0.6) is 5.75 Å². The first kappa shape index (κ1) is 22.2. The van der Waals surface area contributed by atoms with Crippen molar-refractivity contribution in [3.8, 4) is 23.1 Å². The minimum absolute atomic E-state index is 0.283. The summed E-state index contributed by atoms with van der Waals surface area (Å²) in [5, 5.41) is 13.4. The lowest BCUT2D eigenvalue weighted by molar-refractivity contribution is 0.152. The van der Waals surface area contributed by atoms with Crippen molar-refractivity contribution in [2.24, 2.45) is 5.92 Å². The molecule has 0 atom stereocenters. The first-order valence-corrected chi connectivity index (χ1v) is 10.3. The van der Waals surface area contributed by atoms with Gasteiger partial charge in [0, 0.05) is 23.7 Å². The van der Waals surface area contributed by atoms with Gasteiger partial charge in [-0.15, -0.1) is 0 Å². The minimum atomic E-state index is -0.727. The largest absolute Gasteiger partial charge is 0.494 e. The number of halogens is 1. The van der Waals surface area contributed by atoms with Gasteiger partial charge in [-0.1, -0.05) is 26.0 Å². The molecule has 162 valence electrons. The average molecular weight is 423 g/mol. The summed E-state index contributed by atoms with van der Waals surface area (Å²) in [6, 6.07) is 15.3. The molecule has 0 aliphatic rings. The topological polar surface area (TPSA) is 76.3 Å². The van der Waals surface area contributed by atoms with E-state index in [0.29, 0.717) is 23.8 Å². The predicted molar refractivity (Wildman–Crippen MR) is 119 cm³/mol. The molecular formula is C24H26FN3O3. The zero-order valence-corrected chi connectivity index (χ0v) is 17.9. The van der Waals surface area contributed by atoms with Gasteiger partial charge in [0.25, 0.3) is 0 Å². The van der Waals surface area contributed by atoms with Crippen LogP contribution in [0.1, 0.15) is 26.3 Å². The second-order valence-corrected chi connectivity index (χ2v) is 7.48. The van der Waals surface area contributed by atoms with Gasteiger partial charge in [0.15, 0.2) is 0 Å². The number of anilines is 1. The lowest BCUT2D eigenvalue weighted by Crippen LogP contribution is -2.14. The van der Waals surface area contributed by atoms with Crippen molar-refractivity contribution in [2.45, 2.75) is 27.3 Å². The summed E-state index contributed by atoms with van der Waals surface area (Å²) in [5.41, 5.74) is 3.75. The number of nitrogens with one attached hydrogen (secondary N) is 1. The normalized spacial score (nSPS) is 10.8. The number of amides is 1. The maximum Gasteiger partial charge on any atom is 0.411 e. The Morgan fingerprint density at radius 2 is 1.97 bits per heavy atom. The second kappa shape index (κ2) is 9.98. The van der Waals surface area contributed by atoms with E-state index in [1.807, 2.05) is 37.3 Å². The summed E-state index contributed by atoms with van der Waals surface area (Å²) < 4.78 is 24.7. The molecule has 3 aromatic rings. The van der Waals surface area contributed by atoms with E-state index < -0.39 is 12.8 Å². The predicted octanol–water partition coefficient (Wildman–Crippen LogP) is 5.75. The number of carbonyl (C=O) groups excluding carboxylic acids is 1. The number of benzene rings is 2. The highest BCUT2D eigenvalue weighted by atomic mass is 19.1. The highest BCUT2D eigenvalue weighted by molar-refractivity contribution is 5.95. The standard InChI is InChI=1S/C24H26FN3O3/c1-4-30-19-9-10-20-21(14-26)23(28(15-16(2)3)22(20)13-19)17-5-7-18(8-6-17)27-24(29)31-12-11-25/h5-10,13,16H,4,11-12,15H2,1-3H3,(H,27,29). The van der Waals surface area contributed by atoms with Crippen LogP contribution in [0.3, 0.4) is 0 Å². The lowest BCUT2D eigenvalue weighted by Gasteiger charge is -2.15. The Hall–Kier alpha value is -3.53. The highest BCUT2D eigenvalue weighted by Crippen LogP contribution is 2.36. The molecule has 0 fully saturated rings. The summed E-state index contributed by atoms with van der Waals surface area (Å²) in [4.78, 5) is 11.6. The van der Waals surface area contributed by atoms with E-state index in [2.05, 4.69) is 29.8 Å². The molecule has 1 aromatic heterocycles. The van der Waals surface area contributed by atoms with Crippen molar-refractivity contribution >= 4 is 22.7 Å². The SMILES string of the molecule is CCOc1ccc2c(C#N)c(-c3ccc(NC(=O)OCCF)cc3)n(CC(C)C)c2c1. The van der Waals surface area contributed by atoms with Crippen molar-refractivity contribution in [1.82, 2.24) is 4.57 Å². The zero-order chi connectivity index (χ0) is 22.4.